The number of hydrogen-bond acceptors (Lipinski definition) is 5. The highest BCUT2D eigenvalue weighted by atomic mass is 16.5. The van der Waals surface area contributed by atoms with E-state index >= 15 is 0 Å². The van der Waals surface area contributed by atoms with Crippen LogP contribution in [0.1, 0.15) is 30.4 Å². The van der Waals surface area contributed by atoms with Crippen molar-refractivity contribution >= 4 is 17.8 Å². The number of rotatable bonds is 3. The Labute approximate surface area is 157 Å². The Hall–Kier alpha value is -2.61. The van der Waals surface area contributed by atoms with Crippen LogP contribution in [-0.2, 0) is 26.3 Å². The maximum Gasteiger partial charge on any atom is 0.322 e. The highest BCUT2D eigenvalue weighted by Gasteiger charge is 2.44. The summed E-state index contributed by atoms with van der Waals surface area (Å²) in [6.07, 6.45) is 2.18. The molecule has 1 atom stereocenters. The first-order chi connectivity index (χ1) is 13.0. The summed E-state index contributed by atoms with van der Waals surface area (Å²) < 4.78 is 11.8. The maximum absolute atomic E-state index is 12.6. The highest BCUT2D eigenvalue weighted by Crippen LogP contribution is 2.45. The number of likely N-dealkylation sites (tertiary alicyclic amines) is 1. The topological polar surface area (TPSA) is 97.0 Å². The van der Waals surface area contributed by atoms with E-state index in [1.54, 1.807) is 12.0 Å². The summed E-state index contributed by atoms with van der Waals surface area (Å²) in [4.78, 5) is 37.2. The normalized spacial score (nSPS) is 23.6. The van der Waals surface area contributed by atoms with Crippen molar-refractivity contribution in [3.05, 3.63) is 29.3 Å². The third-order valence-corrected chi connectivity index (χ3v) is 5.70. The molecule has 3 aliphatic heterocycles. The zero-order valence-corrected chi connectivity index (χ0v) is 15.2. The number of imide groups is 1. The van der Waals surface area contributed by atoms with Gasteiger partial charge in [-0.1, -0.05) is 12.1 Å². The van der Waals surface area contributed by atoms with E-state index in [-0.39, 0.29) is 12.3 Å². The van der Waals surface area contributed by atoms with Crippen LogP contribution < -0.4 is 15.4 Å². The number of nitrogens with zero attached hydrogens (tertiary/aromatic N) is 1. The lowest BCUT2D eigenvalue weighted by atomic mass is 9.78. The van der Waals surface area contributed by atoms with Crippen molar-refractivity contribution in [2.24, 2.45) is 0 Å². The van der Waals surface area contributed by atoms with Crippen molar-refractivity contribution in [1.82, 2.24) is 15.5 Å². The van der Waals surface area contributed by atoms with Gasteiger partial charge in [-0.05, 0) is 30.9 Å². The molecule has 2 saturated heterocycles. The Balaban J connectivity index is 1.46. The van der Waals surface area contributed by atoms with Gasteiger partial charge in [0.2, 0.25) is 5.91 Å². The maximum atomic E-state index is 12.6. The van der Waals surface area contributed by atoms with E-state index in [0.29, 0.717) is 32.5 Å². The fourth-order valence-corrected chi connectivity index (χ4v) is 4.32. The molecule has 0 bridgehead atoms. The molecule has 2 N–H and O–H groups in total. The lowest BCUT2D eigenvalue weighted by molar-refractivity contribution is -0.142. The number of hydrogen-bond donors (Lipinski definition) is 2. The minimum Gasteiger partial charge on any atom is -0.496 e. The molecule has 1 spiro atoms. The molecule has 8 nitrogen and oxygen atoms in total. The molecule has 0 radical (unpaired) electrons. The molecular formula is C19H23N3O5. The van der Waals surface area contributed by atoms with E-state index in [9.17, 15) is 14.4 Å². The van der Waals surface area contributed by atoms with Gasteiger partial charge in [0.1, 0.15) is 17.4 Å². The first-order valence-corrected chi connectivity index (χ1v) is 9.22. The van der Waals surface area contributed by atoms with Gasteiger partial charge >= 0.3 is 6.03 Å². The Kier molecular flexibility index (Phi) is 4.51. The van der Waals surface area contributed by atoms with Crippen molar-refractivity contribution < 1.29 is 23.9 Å². The highest BCUT2D eigenvalue weighted by molar-refractivity contribution is 6.05. The minimum absolute atomic E-state index is 0.0225. The predicted octanol–water partition coefficient (Wildman–Crippen LogP) is 0.684. The monoisotopic (exact) mass is 373 g/mol. The third-order valence-electron chi connectivity index (χ3n) is 5.70. The van der Waals surface area contributed by atoms with Crippen molar-refractivity contribution in [3.63, 3.8) is 0 Å². The van der Waals surface area contributed by atoms with Gasteiger partial charge in [-0.3, -0.25) is 14.9 Å². The van der Waals surface area contributed by atoms with Crippen molar-refractivity contribution in [1.29, 1.82) is 0 Å². The van der Waals surface area contributed by atoms with Crippen molar-refractivity contribution in [3.8, 4) is 5.75 Å². The number of amides is 4. The minimum atomic E-state index is -0.785. The van der Waals surface area contributed by atoms with E-state index in [1.165, 1.54) is 5.56 Å². The van der Waals surface area contributed by atoms with Crippen LogP contribution in [0.5, 0.6) is 5.75 Å². The van der Waals surface area contributed by atoms with Crippen LogP contribution in [0.15, 0.2) is 18.2 Å². The Morgan fingerprint density at radius 1 is 1.33 bits per heavy atom. The number of carbonyl (C=O) groups is 3. The third kappa shape index (κ3) is 3.14. The van der Waals surface area contributed by atoms with Gasteiger partial charge in [-0.25, -0.2) is 4.79 Å². The zero-order valence-electron chi connectivity index (χ0n) is 15.2. The quantitative estimate of drug-likeness (QED) is 0.760. The number of urea groups is 1. The Morgan fingerprint density at radius 2 is 2.11 bits per heavy atom. The summed E-state index contributed by atoms with van der Waals surface area (Å²) in [5, 5.41) is 4.62. The number of methoxy groups -OCH3 is 1. The summed E-state index contributed by atoms with van der Waals surface area (Å²) >= 11 is 0. The molecule has 0 aliphatic carbocycles. The van der Waals surface area contributed by atoms with Gasteiger partial charge in [0.25, 0.3) is 5.91 Å². The second kappa shape index (κ2) is 6.84. The summed E-state index contributed by atoms with van der Waals surface area (Å²) in [5.74, 6) is 0.247. The number of nitrogens with one attached hydrogen (secondary N) is 2. The van der Waals surface area contributed by atoms with E-state index in [1.807, 2.05) is 12.1 Å². The van der Waals surface area contributed by atoms with E-state index in [0.717, 1.165) is 17.7 Å². The second-order valence-electron chi connectivity index (χ2n) is 7.19. The summed E-state index contributed by atoms with van der Waals surface area (Å²) in [7, 11) is 1.66. The van der Waals surface area contributed by atoms with Crippen LogP contribution in [0.25, 0.3) is 0 Å². The van der Waals surface area contributed by atoms with Gasteiger partial charge in [0.05, 0.1) is 20.1 Å². The van der Waals surface area contributed by atoms with E-state index in [2.05, 4.69) is 16.7 Å². The molecule has 27 heavy (non-hydrogen) atoms. The Morgan fingerprint density at radius 3 is 2.78 bits per heavy atom. The second-order valence-corrected chi connectivity index (χ2v) is 7.19. The zero-order chi connectivity index (χ0) is 19.0. The smallest absolute Gasteiger partial charge is 0.322 e. The Bertz CT molecular complexity index is 771. The lowest BCUT2D eigenvalue weighted by Crippen LogP contribution is -2.49. The number of carbonyl (C=O) groups excluding carboxylic acids is 3. The molecule has 1 aromatic rings. The first-order valence-electron chi connectivity index (χ1n) is 9.22. The molecule has 3 aliphatic rings. The number of piperidine rings is 1. The number of fused-ring (bicyclic) bond motifs is 2. The van der Waals surface area contributed by atoms with Crippen molar-refractivity contribution in [2.75, 3.05) is 26.8 Å². The molecular weight excluding hydrogens is 350 g/mol. The molecule has 1 unspecified atom stereocenters. The fourth-order valence-electron chi connectivity index (χ4n) is 4.32. The van der Waals surface area contributed by atoms with E-state index < -0.39 is 23.6 Å². The van der Waals surface area contributed by atoms with Crippen LogP contribution in [0.4, 0.5) is 4.79 Å². The predicted molar refractivity (Wildman–Crippen MR) is 95.2 cm³/mol. The first kappa shape index (κ1) is 17.8. The van der Waals surface area contributed by atoms with Gasteiger partial charge in [0.15, 0.2) is 0 Å². The molecule has 4 rings (SSSR count). The van der Waals surface area contributed by atoms with Gasteiger partial charge in [-0.2, -0.15) is 0 Å². The molecule has 144 valence electrons. The van der Waals surface area contributed by atoms with Gasteiger partial charge in [-0.15, -0.1) is 0 Å². The largest absolute Gasteiger partial charge is 0.496 e. The molecule has 3 heterocycles. The molecule has 4 amide bonds. The summed E-state index contributed by atoms with van der Waals surface area (Å²) in [6.45, 7) is 1.74. The average Bonchev–Trinajstić information content (AvgIpc) is 2.99. The summed E-state index contributed by atoms with van der Waals surface area (Å²) in [5.41, 5.74) is 1.91. The molecule has 0 saturated carbocycles. The van der Waals surface area contributed by atoms with Crippen LogP contribution in [0, 0.1) is 0 Å². The average molecular weight is 373 g/mol. The summed E-state index contributed by atoms with van der Waals surface area (Å²) in [6, 6.07) is 4.73. The number of ether oxygens (including phenoxy) is 2. The van der Waals surface area contributed by atoms with Crippen LogP contribution in [0.2, 0.25) is 0 Å². The molecule has 2 fully saturated rings. The van der Waals surface area contributed by atoms with Crippen LogP contribution in [-0.4, -0.2) is 55.6 Å². The van der Waals surface area contributed by atoms with Gasteiger partial charge in [0, 0.05) is 18.7 Å². The number of benzene rings is 1. The van der Waals surface area contributed by atoms with E-state index in [4.69, 9.17) is 9.47 Å². The van der Waals surface area contributed by atoms with Crippen LogP contribution >= 0.6 is 0 Å². The molecule has 0 aromatic heterocycles. The molecule has 8 heteroatoms. The molecule has 1 aromatic carbocycles. The fraction of sp³-hybridized carbons (Fsp3) is 0.526. The standard InChI is InChI=1S/C19H23N3O5/c1-26-14-4-2-3-12-5-10-27-19(16(12)14)6-8-22(9-7-19)15(23)11-13-17(24)21-18(25)20-13/h2-4,13H,5-11H2,1H3,(H2,20,21,24,25). The lowest BCUT2D eigenvalue weighted by Gasteiger charge is -2.45. The van der Waals surface area contributed by atoms with Crippen LogP contribution in [0.3, 0.4) is 0 Å². The van der Waals surface area contributed by atoms with Crippen molar-refractivity contribution in [2.45, 2.75) is 37.3 Å². The van der Waals surface area contributed by atoms with Gasteiger partial charge < -0.3 is 19.7 Å². The SMILES string of the molecule is COc1cccc2c1C1(CCN(C(=O)CC3NC(=O)NC3=O)CC1)OCC2.